The Hall–Kier alpha value is -3.69. The van der Waals surface area contributed by atoms with Crippen molar-refractivity contribution in [2.24, 2.45) is 0 Å². The van der Waals surface area contributed by atoms with Gasteiger partial charge in [-0.1, -0.05) is 43.5 Å². The minimum atomic E-state index is -4.06. The number of aromatic nitrogens is 1. The molecule has 0 saturated heterocycles. The Morgan fingerprint density at radius 3 is 2.47 bits per heavy atom. The number of aromatic carboxylic acids is 1. The van der Waals surface area contributed by atoms with Crippen LogP contribution in [0.25, 0.3) is 22.2 Å². The highest BCUT2D eigenvalue weighted by molar-refractivity contribution is 7.89. The van der Waals surface area contributed by atoms with Crippen LogP contribution in [0.15, 0.2) is 76.4 Å². The Morgan fingerprint density at radius 2 is 1.83 bits per heavy atom. The fourth-order valence-electron chi connectivity index (χ4n) is 5.22. The predicted octanol–water partition coefficient (Wildman–Crippen LogP) is 5.32. The van der Waals surface area contributed by atoms with Gasteiger partial charge in [0.05, 0.1) is 34.2 Å². The van der Waals surface area contributed by atoms with Crippen LogP contribution in [0, 0.1) is 0 Å². The van der Waals surface area contributed by atoms with E-state index in [0.29, 0.717) is 23.1 Å². The molecular formula is C27H26N2O6S. The molecule has 1 atom stereocenters. The van der Waals surface area contributed by atoms with Crippen molar-refractivity contribution in [3.63, 3.8) is 0 Å². The number of furan rings is 1. The molecule has 2 heterocycles. The molecule has 1 unspecified atom stereocenters. The third-order valence-corrected chi connectivity index (χ3v) is 8.28. The van der Waals surface area contributed by atoms with Crippen LogP contribution >= 0.6 is 0 Å². The van der Waals surface area contributed by atoms with Gasteiger partial charge >= 0.3 is 5.97 Å². The number of carboxylic acid groups (broad SMARTS) is 1. The van der Waals surface area contributed by atoms with Crippen LogP contribution in [0.5, 0.6) is 0 Å². The third kappa shape index (κ3) is 4.36. The zero-order valence-corrected chi connectivity index (χ0v) is 20.3. The van der Waals surface area contributed by atoms with E-state index in [1.165, 1.54) is 24.5 Å². The van der Waals surface area contributed by atoms with E-state index < -0.39 is 22.2 Å². The molecule has 4 aromatic rings. The molecule has 0 aliphatic heterocycles. The molecule has 1 fully saturated rings. The highest BCUT2D eigenvalue weighted by Gasteiger charge is 2.31. The number of benzene rings is 2. The van der Waals surface area contributed by atoms with Gasteiger partial charge in [-0.05, 0) is 54.7 Å². The van der Waals surface area contributed by atoms with Gasteiger partial charge in [-0.2, -0.15) is 4.72 Å². The molecule has 2 aromatic heterocycles. The van der Waals surface area contributed by atoms with Gasteiger partial charge in [0.1, 0.15) is 0 Å². The number of hydrogen-bond donors (Lipinski definition) is 2. The number of carboxylic acids is 1. The molecule has 186 valence electrons. The van der Waals surface area contributed by atoms with Crippen molar-refractivity contribution in [1.82, 2.24) is 9.29 Å². The lowest BCUT2D eigenvalue weighted by atomic mass is 9.82. The number of nitrogens with one attached hydrogen (secondary N) is 1. The second-order valence-electron chi connectivity index (χ2n) is 9.03. The maximum atomic E-state index is 13.2. The topological polar surface area (TPSA) is 119 Å². The molecule has 36 heavy (non-hydrogen) atoms. The first kappa shape index (κ1) is 24.0. The lowest BCUT2D eigenvalue weighted by Gasteiger charge is -2.24. The fourth-order valence-corrected chi connectivity index (χ4v) is 6.36. The standard InChI is InChI=1S/C27H26N2O6S/c30-16-24(28-36(33,34)21-9-5-2-6-10-21)29-23-15-19(27(31)32)11-12-22(23)25(18-7-3-1-4-8-18)26(29)20-13-14-35-17-20/h2,5-6,9-18,24,28H,1,3-4,7-8H2,(H,31,32). The molecule has 1 saturated carbocycles. The zero-order chi connectivity index (χ0) is 25.3. The Labute approximate surface area is 208 Å². The summed E-state index contributed by atoms with van der Waals surface area (Å²) in [7, 11) is -4.06. The van der Waals surface area contributed by atoms with Gasteiger partial charge in [-0.25, -0.2) is 13.2 Å². The SMILES string of the molecule is O=CC(NS(=O)(=O)c1ccccc1)n1c(-c2ccoc2)c(C2CCCCC2)c2ccc(C(=O)O)cc21. The van der Waals surface area contributed by atoms with E-state index in [1.807, 2.05) is 0 Å². The normalized spacial score (nSPS) is 15.7. The van der Waals surface area contributed by atoms with Gasteiger partial charge in [0.25, 0.3) is 0 Å². The Balaban J connectivity index is 1.77. The van der Waals surface area contributed by atoms with E-state index in [1.54, 1.807) is 47.2 Å². The summed E-state index contributed by atoms with van der Waals surface area (Å²) in [5.74, 6) is -0.928. The summed E-state index contributed by atoms with van der Waals surface area (Å²) in [4.78, 5) is 24.3. The Morgan fingerprint density at radius 1 is 1.08 bits per heavy atom. The summed E-state index contributed by atoms with van der Waals surface area (Å²) in [5, 5.41) is 10.5. The number of hydrogen-bond acceptors (Lipinski definition) is 5. The van der Waals surface area contributed by atoms with E-state index in [2.05, 4.69) is 4.72 Å². The number of rotatable bonds is 8. The highest BCUT2D eigenvalue weighted by atomic mass is 32.2. The van der Waals surface area contributed by atoms with Gasteiger partial charge in [-0.3, -0.25) is 4.79 Å². The monoisotopic (exact) mass is 506 g/mol. The average Bonchev–Trinajstić information content (AvgIpc) is 3.54. The van der Waals surface area contributed by atoms with E-state index in [9.17, 15) is 23.1 Å². The molecule has 1 aliphatic rings. The minimum Gasteiger partial charge on any atom is -0.478 e. The van der Waals surface area contributed by atoms with Crippen molar-refractivity contribution in [2.45, 2.75) is 49.1 Å². The summed E-state index contributed by atoms with van der Waals surface area (Å²) >= 11 is 0. The van der Waals surface area contributed by atoms with Crippen molar-refractivity contribution in [3.05, 3.63) is 78.3 Å². The number of fused-ring (bicyclic) bond motifs is 1. The first-order valence-electron chi connectivity index (χ1n) is 11.9. The predicted molar refractivity (Wildman–Crippen MR) is 134 cm³/mol. The number of sulfonamides is 1. The Kier molecular flexibility index (Phi) is 6.51. The smallest absolute Gasteiger partial charge is 0.335 e. The minimum absolute atomic E-state index is 0.0249. The van der Waals surface area contributed by atoms with Gasteiger partial charge in [-0.15, -0.1) is 0 Å². The lowest BCUT2D eigenvalue weighted by Crippen LogP contribution is -2.34. The van der Waals surface area contributed by atoms with E-state index >= 15 is 0 Å². The van der Waals surface area contributed by atoms with Crippen LogP contribution in [0.1, 0.15) is 60.1 Å². The van der Waals surface area contributed by atoms with E-state index in [4.69, 9.17) is 4.42 Å². The van der Waals surface area contributed by atoms with Crippen molar-refractivity contribution < 1.29 is 27.5 Å². The van der Waals surface area contributed by atoms with Crippen molar-refractivity contribution in [3.8, 4) is 11.3 Å². The highest BCUT2D eigenvalue weighted by Crippen LogP contribution is 2.45. The largest absolute Gasteiger partial charge is 0.478 e. The maximum absolute atomic E-state index is 13.2. The van der Waals surface area contributed by atoms with Crippen molar-refractivity contribution >= 4 is 33.2 Å². The van der Waals surface area contributed by atoms with Gasteiger partial charge in [0, 0.05) is 10.9 Å². The Bertz CT molecular complexity index is 1500. The molecule has 1 aliphatic carbocycles. The van der Waals surface area contributed by atoms with Crippen LogP contribution in [0.3, 0.4) is 0 Å². The molecular weight excluding hydrogens is 480 g/mol. The molecule has 0 spiro atoms. The number of carbonyl (C=O) groups excluding carboxylic acids is 1. The second-order valence-corrected chi connectivity index (χ2v) is 10.7. The number of carbonyl (C=O) groups is 2. The molecule has 0 amide bonds. The molecule has 8 nitrogen and oxygen atoms in total. The summed E-state index contributed by atoms with van der Waals surface area (Å²) in [6.45, 7) is 0. The molecule has 0 bridgehead atoms. The first-order valence-corrected chi connectivity index (χ1v) is 13.4. The summed E-state index contributed by atoms with van der Waals surface area (Å²) in [6.07, 6.45) is 7.47. The van der Waals surface area contributed by atoms with Crippen molar-refractivity contribution in [2.75, 3.05) is 0 Å². The van der Waals surface area contributed by atoms with Crippen molar-refractivity contribution in [1.29, 1.82) is 0 Å². The summed E-state index contributed by atoms with van der Waals surface area (Å²) < 4.78 is 35.9. The van der Waals surface area contributed by atoms with Gasteiger partial charge < -0.3 is 14.1 Å². The fraction of sp³-hybridized carbons (Fsp3) is 0.259. The molecule has 9 heteroatoms. The second kappa shape index (κ2) is 9.75. The molecule has 5 rings (SSSR count). The summed E-state index contributed by atoms with van der Waals surface area (Å²) in [6, 6.07) is 14.4. The van der Waals surface area contributed by atoms with Crippen LogP contribution in [0.4, 0.5) is 0 Å². The first-order chi connectivity index (χ1) is 17.4. The molecule has 2 aromatic carbocycles. The third-order valence-electron chi connectivity index (χ3n) is 6.83. The van der Waals surface area contributed by atoms with E-state index in [0.717, 1.165) is 43.1 Å². The number of nitrogens with zero attached hydrogens (tertiary/aromatic N) is 1. The van der Waals surface area contributed by atoms with Crippen LogP contribution in [-0.2, 0) is 14.8 Å². The number of aldehydes is 1. The van der Waals surface area contributed by atoms with Crippen LogP contribution in [0.2, 0.25) is 0 Å². The van der Waals surface area contributed by atoms with Crippen LogP contribution < -0.4 is 4.72 Å². The lowest BCUT2D eigenvalue weighted by molar-refractivity contribution is -0.110. The van der Waals surface area contributed by atoms with Gasteiger partial charge in [0.15, 0.2) is 12.5 Å². The van der Waals surface area contributed by atoms with Crippen LogP contribution in [-0.4, -0.2) is 30.3 Å². The average molecular weight is 507 g/mol. The molecule has 2 N–H and O–H groups in total. The van der Waals surface area contributed by atoms with E-state index in [-0.39, 0.29) is 16.4 Å². The maximum Gasteiger partial charge on any atom is 0.335 e. The van der Waals surface area contributed by atoms with Gasteiger partial charge in [0.2, 0.25) is 10.0 Å². The quantitative estimate of drug-likeness (QED) is 0.312. The molecule has 0 radical (unpaired) electrons. The zero-order valence-electron chi connectivity index (χ0n) is 19.5. The summed E-state index contributed by atoms with van der Waals surface area (Å²) in [5.41, 5.74) is 2.84.